The van der Waals surface area contributed by atoms with Crippen molar-refractivity contribution >= 4 is 38.3 Å². The number of carbonyl (C=O) groups is 1. The van der Waals surface area contributed by atoms with Crippen LogP contribution in [0.15, 0.2) is 102 Å². The summed E-state index contributed by atoms with van der Waals surface area (Å²) in [6.07, 6.45) is 0.686. The maximum absolute atomic E-state index is 13.2. The molecule has 6 rings (SSSR count). The summed E-state index contributed by atoms with van der Waals surface area (Å²) in [7, 11) is -3.70. The second-order valence-electron chi connectivity index (χ2n) is 8.61. The predicted molar refractivity (Wildman–Crippen MR) is 141 cm³/mol. The van der Waals surface area contributed by atoms with Crippen LogP contribution in [0.5, 0.6) is 0 Å². The number of hydrogen-bond acceptors (Lipinski definition) is 4. The third kappa shape index (κ3) is 3.91. The highest BCUT2D eigenvalue weighted by molar-refractivity contribution is 7.92. The molecule has 0 atom stereocenters. The Kier molecular flexibility index (Phi) is 5.30. The van der Waals surface area contributed by atoms with E-state index in [0.29, 0.717) is 29.9 Å². The zero-order valence-electron chi connectivity index (χ0n) is 19.2. The van der Waals surface area contributed by atoms with E-state index in [1.807, 2.05) is 72.8 Å². The largest absolute Gasteiger partial charge is 0.338 e. The number of carbonyl (C=O) groups excluding carboxylic acids is 1. The fourth-order valence-electron chi connectivity index (χ4n) is 4.47. The van der Waals surface area contributed by atoms with Gasteiger partial charge in [-0.15, -0.1) is 0 Å². The first-order valence-corrected chi connectivity index (χ1v) is 13.0. The van der Waals surface area contributed by atoms with E-state index < -0.39 is 10.0 Å². The summed E-state index contributed by atoms with van der Waals surface area (Å²) in [6, 6.07) is 28.8. The van der Waals surface area contributed by atoms with Crippen molar-refractivity contribution in [3.8, 4) is 11.4 Å². The summed E-state index contributed by atoms with van der Waals surface area (Å²) in [4.78, 5) is 20.8. The molecule has 178 valence electrons. The molecule has 7 nitrogen and oxygen atoms in total. The standard InChI is InChI=1S/C28H22N4O3S/c33-28(29-22-13-9-20(10-14-22)27-30-24-6-2-3-7-25(24)31-27)21-11-15-23(16-12-21)36(34,35)32-18-17-19-5-1-4-8-26(19)32/h1-16H,17-18H2,(H,29,33)(H,30,31). The maximum Gasteiger partial charge on any atom is 0.264 e. The van der Waals surface area contributed by atoms with Crippen molar-refractivity contribution in [2.75, 3.05) is 16.2 Å². The number of anilines is 2. The Morgan fingerprint density at radius 3 is 2.36 bits per heavy atom. The first-order chi connectivity index (χ1) is 17.5. The molecule has 0 spiro atoms. The van der Waals surface area contributed by atoms with Gasteiger partial charge in [0.1, 0.15) is 5.82 Å². The number of para-hydroxylation sites is 3. The number of rotatable bonds is 5. The summed E-state index contributed by atoms with van der Waals surface area (Å²) >= 11 is 0. The van der Waals surface area contributed by atoms with Gasteiger partial charge in [0.25, 0.3) is 15.9 Å². The molecule has 36 heavy (non-hydrogen) atoms. The van der Waals surface area contributed by atoms with Gasteiger partial charge in [-0.25, -0.2) is 13.4 Å². The van der Waals surface area contributed by atoms with Crippen LogP contribution in [-0.4, -0.2) is 30.8 Å². The normalized spacial score (nSPS) is 13.1. The Labute approximate surface area is 208 Å². The average molecular weight is 495 g/mol. The predicted octanol–water partition coefficient (Wildman–Crippen LogP) is 5.23. The van der Waals surface area contributed by atoms with E-state index in [4.69, 9.17) is 0 Å². The van der Waals surface area contributed by atoms with E-state index >= 15 is 0 Å². The molecule has 1 aromatic heterocycles. The quantitative estimate of drug-likeness (QED) is 0.350. The molecule has 1 amide bonds. The molecule has 0 unspecified atom stereocenters. The van der Waals surface area contributed by atoms with E-state index in [9.17, 15) is 13.2 Å². The molecule has 5 aromatic rings. The molecule has 1 aliphatic rings. The van der Waals surface area contributed by atoms with Gasteiger partial charge in [-0.3, -0.25) is 9.10 Å². The molecule has 0 bridgehead atoms. The van der Waals surface area contributed by atoms with Crippen LogP contribution in [0.2, 0.25) is 0 Å². The number of nitrogens with one attached hydrogen (secondary N) is 2. The highest BCUT2D eigenvalue weighted by atomic mass is 32.2. The Morgan fingerprint density at radius 2 is 1.58 bits per heavy atom. The smallest absolute Gasteiger partial charge is 0.264 e. The third-order valence-corrected chi connectivity index (χ3v) is 8.18. The van der Waals surface area contributed by atoms with E-state index in [-0.39, 0.29) is 10.8 Å². The Morgan fingerprint density at radius 1 is 0.861 bits per heavy atom. The summed E-state index contributed by atoms with van der Waals surface area (Å²) in [6.45, 7) is 0.411. The second kappa shape index (κ2) is 8.66. The summed E-state index contributed by atoms with van der Waals surface area (Å²) in [5.74, 6) is 0.438. The zero-order valence-corrected chi connectivity index (χ0v) is 20.0. The molecule has 0 saturated heterocycles. The zero-order chi connectivity index (χ0) is 24.7. The fraction of sp³-hybridized carbons (Fsp3) is 0.0714. The maximum atomic E-state index is 13.2. The molecule has 1 aliphatic heterocycles. The minimum absolute atomic E-state index is 0.158. The number of amides is 1. The van der Waals surface area contributed by atoms with E-state index in [1.54, 1.807) is 0 Å². The van der Waals surface area contributed by atoms with Crippen molar-refractivity contribution in [2.45, 2.75) is 11.3 Å². The minimum atomic E-state index is -3.70. The van der Waals surface area contributed by atoms with Crippen molar-refractivity contribution < 1.29 is 13.2 Å². The fourth-order valence-corrected chi connectivity index (χ4v) is 5.97. The first kappa shape index (κ1) is 22.1. The first-order valence-electron chi connectivity index (χ1n) is 11.6. The number of imidazole rings is 1. The summed E-state index contributed by atoms with van der Waals surface area (Å²) in [5.41, 5.74) is 5.49. The molecule has 2 N–H and O–H groups in total. The Balaban J connectivity index is 1.16. The van der Waals surface area contributed by atoms with E-state index in [0.717, 1.165) is 28.0 Å². The van der Waals surface area contributed by atoms with Gasteiger partial charge < -0.3 is 10.3 Å². The van der Waals surface area contributed by atoms with E-state index in [2.05, 4.69) is 15.3 Å². The lowest BCUT2D eigenvalue weighted by atomic mass is 10.1. The van der Waals surface area contributed by atoms with Crippen molar-refractivity contribution in [1.82, 2.24) is 9.97 Å². The minimum Gasteiger partial charge on any atom is -0.338 e. The lowest BCUT2D eigenvalue weighted by molar-refractivity contribution is 0.102. The van der Waals surface area contributed by atoms with Crippen molar-refractivity contribution in [1.29, 1.82) is 0 Å². The SMILES string of the molecule is O=C(Nc1ccc(-c2nc3ccccc3[nH]2)cc1)c1ccc(S(=O)(=O)N2CCc3ccccc32)cc1. The molecule has 0 saturated carbocycles. The molecule has 2 heterocycles. The van der Waals surface area contributed by atoms with Gasteiger partial charge in [-0.05, 0) is 78.7 Å². The number of aromatic nitrogens is 2. The van der Waals surface area contributed by atoms with Gasteiger partial charge in [-0.1, -0.05) is 30.3 Å². The second-order valence-corrected chi connectivity index (χ2v) is 10.5. The summed E-state index contributed by atoms with van der Waals surface area (Å²) < 4.78 is 27.8. The van der Waals surface area contributed by atoms with Gasteiger partial charge in [0, 0.05) is 23.4 Å². The number of sulfonamides is 1. The highest BCUT2D eigenvalue weighted by Crippen LogP contribution is 2.32. The third-order valence-electron chi connectivity index (χ3n) is 6.35. The van der Waals surface area contributed by atoms with Crippen molar-refractivity contribution in [3.63, 3.8) is 0 Å². The van der Waals surface area contributed by atoms with Gasteiger partial charge in [0.05, 0.1) is 21.6 Å². The lowest BCUT2D eigenvalue weighted by Crippen LogP contribution is -2.29. The van der Waals surface area contributed by atoms with Gasteiger partial charge >= 0.3 is 0 Å². The highest BCUT2D eigenvalue weighted by Gasteiger charge is 2.30. The van der Waals surface area contributed by atoms with Gasteiger partial charge in [0.15, 0.2) is 0 Å². The average Bonchev–Trinajstić information content (AvgIpc) is 3.54. The molecule has 0 fully saturated rings. The molecular formula is C28H22N4O3S. The van der Waals surface area contributed by atoms with E-state index in [1.165, 1.54) is 28.6 Å². The number of hydrogen-bond donors (Lipinski definition) is 2. The van der Waals surface area contributed by atoms with Crippen LogP contribution in [-0.2, 0) is 16.4 Å². The van der Waals surface area contributed by atoms with Gasteiger partial charge in [0.2, 0.25) is 0 Å². The van der Waals surface area contributed by atoms with Crippen molar-refractivity contribution in [2.24, 2.45) is 0 Å². The molecule has 8 heteroatoms. The Bertz CT molecular complexity index is 1660. The number of H-pyrrole nitrogens is 1. The van der Waals surface area contributed by atoms with Crippen LogP contribution < -0.4 is 9.62 Å². The number of benzene rings is 4. The van der Waals surface area contributed by atoms with Crippen molar-refractivity contribution in [3.05, 3.63) is 108 Å². The van der Waals surface area contributed by atoms with Crippen LogP contribution in [0.3, 0.4) is 0 Å². The van der Waals surface area contributed by atoms with Crippen LogP contribution in [0.25, 0.3) is 22.4 Å². The lowest BCUT2D eigenvalue weighted by Gasteiger charge is -2.19. The number of aromatic amines is 1. The van der Waals surface area contributed by atoms with Crippen LogP contribution >= 0.6 is 0 Å². The molecular weight excluding hydrogens is 472 g/mol. The van der Waals surface area contributed by atoms with Gasteiger partial charge in [-0.2, -0.15) is 0 Å². The molecule has 0 aliphatic carbocycles. The van der Waals surface area contributed by atoms with Crippen LogP contribution in [0.1, 0.15) is 15.9 Å². The summed E-state index contributed by atoms with van der Waals surface area (Å²) in [5, 5.41) is 2.86. The molecule has 4 aromatic carbocycles. The Hall–Kier alpha value is -4.43. The molecule has 0 radical (unpaired) electrons. The number of fused-ring (bicyclic) bond motifs is 2. The topological polar surface area (TPSA) is 95.2 Å². The monoisotopic (exact) mass is 494 g/mol. The van der Waals surface area contributed by atoms with Crippen LogP contribution in [0, 0.1) is 0 Å². The van der Waals surface area contributed by atoms with Crippen LogP contribution in [0.4, 0.5) is 11.4 Å². The number of nitrogens with zero attached hydrogens (tertiary/aromatic N) is 2.